The number of aromatic nitrogens is 2. The third-order valence-electron chi connectivity index (χ3n) is 4.67. The lowest BCUT2D eigenvalue weighted by Gasteiger charge is -2.38. The van der Waals surface area contributed by atoms with E-state index in [9.17, 15) is 0 Å². The second-order valence-corrected chi connectivity index (χ2v) is 7.49. The first-order valence-corrected chi connectivity index (χ1v) is 8.34. The van der Waals surface area contributed by atoms with Gasteiger partial charge in [-0.15, -0.1) is 10.2 Å². The highest BCUT2D eigenvalue weighted by molar-refractivity contribution is 4.97. The third kappa shape index (κ3) is 3.46. The predicted molar refractivity (Wildman–Crippen MR) is 82.1 cm³/mol. The van der Waals surface area contributed by atoms with E-state index in [4.69, 9.17) is 4.42 Å². The lowest BCUT2D eigenvalue weighted by molar-refractivity contribution is 0.101. The molecule has 0 amide bonds. The van der Waals surface area contributed by atoms with Crippen LogP contribution in [0.15, 0.2) is 4.42 Å². The summed E-state index contributed by atoms with van der Waals surface area (Å²) in [5, 5.41) is 12.1. The van der Waals surface area contributed by atoms with Gasteiger partial charge in [0.1, 0.15) is 0 Å². The molecule has 1 aromatic heterocycles. The molecule has 118 valence electrons. The van der Waals surface area contributed by atoms with E-state index in [1.807, 2.05) is 0 Å². The minimum Gasteiger partial charge on any atom is -0.423 e. The highest BCUT2D eigenvalue weighted by atomic mass is 16.4. The fraction of sp³-hybridized carbons (Fsp3) is 0.875. The van der Waals surface area contributed by atoms with Gasteiger partial charge in [-0.25, -0.2) is 0 Å². The molecule has 0 aliphatic carbocycles. The zero-order valence-corrected chi connectivity index (χ0v) is 13.6. The van der Waals surface area contributed by atoms with Crippen LogP contribution in [-0.2, 0) is 12.0 Å². The molecule has 2 fully saturated rings. The molecule has 21 heavy (non-hydrogen) atoms. The molecule has 2 atom stereocenters. The van der Waals surface area contributed by atoms with Crippen LogP contribution in [0.3, 0.4) is 0 Å². The van der Waals surface area contributed by atoms with Crippen LogP contribution in [0.4, 0.5) is 0 Å². The van der Waals surface area contributed by atoms with Gasteiger partial charge in [-0.2, -0.15) is 0 Å². The second-order valence-electron chi connectivity index (χ2n) is 7.49. The summed E-state index contributed by atoms with van der Waals surface area (Å²) in [5.74, 6) is 1.51. The summed E-state index contributed by atoms with van der Waals surface area (Å²) in [6.07, 6.45) is 6.53. The average Bonchev–Trinajstić information content (AvgIpc) is 3.09. The van der Waals surface area contributed by atoms with E-state index in [0.717, 1.165) is 24.9 Å². The standard InChI is InChI=1S/C16H28N4O/c1-16(2,3)15-19-18-14(21-15)11-20-10-5-4-8-13(20)12-7-6-9-17-12/h12-13,17H,4-11H2,1-3H3. The van der Waals surface area contributed by atoms with Crippen molar-refractivity contribution in [2.24, 2.45) is 0 Å². The molecule has 2 saturated heterocycles. The molecule has 2 aliphatic rings. The Morgan fingerprint density at radius 3 is 2.71 bits per heavy atom. The van der Waals surface area contributed by atoms with Gasteiger partial charge in [0.25, 0.3) is 0 Å². The molecule has 0 aromatic carbocycles. The highest BCUT2D eigenvalue weighted by Gasteiger charge is 2.32. The Kier molecular flexibility index (Phi) is 4.31. The minimum absolute atomic E-state index is 0.0699. The molecular formula is C16H28N4O. The summed E-state index contributed by atoms with van der Waals surface area (Å²) in [4.78, 5) is 2.55. The monoisotopic (exact) mass is 292 g/mol. The number of likely N-dealkylation sites (tertiary alicyclic amines) is 1. The number of rotatable bonds is 3. The van der Waals surface area contributed by atoms with Crippen molar-refractivity contribution in [1.82, 2.24) is 20.4 Å². The molecule has 0 saturated carbocycles. The largest absolute Gasteiger partial charge is 0.423 e. The SMILES string of the molecule is CC(C)(C)c1nnc(CN2CCCCC2C2CCCN2)o1. The summed E-state index contributed by atoms with van der Waals surface area (Å²) >= 11 is 0. The molecule has 2 aliphatic heterocycles. The maximum Gasteiger partial charge on any atom is 0.230 e. The van der Waals surface area contributed by atoms with Crippen LogP contribution in [0.5, 0.6) is 0 Å². The van der Waals surface area contributed by atoms with Crippen LogP contribution < -0.4 is 5.32 Å². The number of piperidine rings is 1. The van der Waals surface area contributed by atoms with E-state index in [2.05, 4.69) is 41.2 Å². The number of hydrogen-bond donors (Lipinski definition) is 1. The Balaban J connectivity index is 1.68. The van der Waals surface area contributed by atoms with E-state index in [0.29, 0.717) is 12.1 Å². The smallest absolute Gasteiger partial charge is 0.230 e. The Bertz CT molecular complexity index is 459. The van der Waals surface area contributed by atoms with Crippen LogP contribution in [0.25, 0.3) is 0 Å². The van der Waals surface area contributed by atoms with Crippen LogP contribution >= 0.6 is 0 Å². The van der Waals surface area contributed by atoms with E-state index < -0.39 is 0 Å². The molecule has 0 radical (unpaired) electrons. The summed E-state index contributed by atoms with van der Waals surface area (Å²) in [5.41, 5.74) is -0.0699. The Morgan fingerprint density at radius 1 is 1.19 bits per heavy atom. The molecule has 5 heteroatoms. The minimum atomic E-state index is -0.0699. The van der Waals surface area contributed by atoms with Crippen molar-refractivity contribution < 1.29 is 4.42 Å². The van der Waals surface area contributed by atoms with E-state index in [1.165, 1.54) is 38.6 Å². The van der Waals surface area contributed by atoms with E-state index in [1.54, 1.807) is 0 Å². The highest BCUT2D eigenvalue weighted by Crippen LogP contribution is 2.26. The second kappa shape index (κ2) is 6.05. The first kappa shape index (κ1) is 15.0. The van der Waals surface area contributed by atoms with Gasteiger partial charge >= 0.3 is 0 Å². The van der Waals surface area contributed by atoms with Crippen molar-refractivity contribution in [3.63, 3.8) is 0 Å². The molecular weight excluding hydrogens is 264 g/mol. The van der Waals surface area contributed by atoms with Crippen LogP contribution in [-0.4, -0.2) is 40.3 Å². The van der Waals surface area contributed by atoms with Gasteiger partial charge in [0.15, 0.2) is 0 Å². The molecule has 5 nitrogen and oxygen atoms in total. The molecule has 1 aromatic rings. The van der Waals surface area contributed by atoms with Gasteiger partial charge < -0.3 is 9.73 Å². The predicted octanol–water partition coefficient (Wildman–Crippen LogP) is 2.47. The van der Waals surface area contributed by atoms with Gasteiger partial charge in [0, 0.05) is 17.5 Å². The van der Waals surface area contributed by atoms with Crippen LogP contribution in [0.1, 0.15) is 64.7 Å². The quantitative estimate of drug-likeness (QED) is 0.927. The number of hydrogen-bond acceptors (Lipinski definition) is 5. The molecule has 3 heterocycles. The van der Waals surface area contributed by atoms with Crippen molar-refractivity contribution in [3.8, 4) is 0 Å². The van der Waals surface area contributed by atoms with Crippen LogP contribution in [0, 0.1) is 0 Å². The fourth-order valence-electron chi connectivity index (χ4n) is 3.50. The van der Waals surface area contributed by atoms with E-state index >= 15 is 0 Å². The first-order valence-electron chi connectivity index (χ1n) is 8.34. The van der Waals surface area contributed by atoms with Crippen molar-refractivity contribution >= 4 is 0 Å². The maximum absolute atomic E-state index is 5.88. The van der Waals surface area contributed by atoms with Gasteiger partial charge in [0.05, 0.1) is 6.54 Å². The van der Waals surface area contributed by atoms with Crippen molar-refractivity contribution in [1.29, 1.82) is 0 Å². The number of nitrogens with zero attached hydrogens (tertiary/aromatic N) is 3. The van der Waals surface area contributed by atoms with Crippen molar-refractivity contribution in [2.75, 3.05) is 13.1 Å². The molecule has 0 bridgehead atoms. The molecule has 3 rings (SSSR count). The summed E-state index contributed by atoms with van der Waals surface area (Å²) < 4.78 is 5.88. The van der Waals surface area contributed by atoms with Gasteiger partial charge in [-0.1, -0.05) is 27.2 Å². The fourth-order valence-corrected chi connectivity index (χ4v) is 3.50. The van der Waals surface area contributed by atoms with Crippen LogP contribution in [0.2, 0.25) is 0 Å². The van der Waals surface area contributed by atoms with Gasteiger partial charge in [0.2, 0.25) is 11.8 Å². The Hall–Kier alpha value is -0.940. The Labute approximate surface area is 127 Å². The summed E-state index contributed by atoms with van der Waals surface area (Å²) in [6, 6.07) is 1.28. The first-order chi connectivity index (χ1) is 10.0. The topological polar surface area (TPSA) is 54.2 Å². The summed E-state index contributed by atoms with van der Waals surface area (Å²) in [7, 11) is 0. The lowest BCUT2D eigenvalue weighted by atomic mass is 9.94. The third-order valence-corrected chi connectivity index (χ3v) is 4.67. The lowest BCUT2D eigenvalue weighted by Crippen LogP contribution is -2.49. The zero-order chi connectivity index (χ0) is 14.9. The normalized spacial score (nSPS) is 28.1. The maximum atomic E-state index is 5.88. The van der Waals surface area contributed by atoms with Crippen molar-refractivity contribution in [3.05, 3.63) is 11.8 Å². The zero-order valence-electron chi connectivity index (χ0n) is 13.6. The molecule has 0 spiro atoms. The molecule has 2 unspecified atom stereocenters. The number of nitrogens with one attached hydrogen (secondary N) is 1. The van der Waals surface area contributed by atoms with Gasteiger partial charge in [-0.3, -0.25) is 4.90 Å². The summed E-state index contributed by atoms with van der Waals surface area (Å²) in [6.45, 7) is 9.44. The molecule has 1 N–H and O–H groups in total. The van der Waals surface area contributed by atoms with Gasteiger partial charge in [-0.05, 0) is 38.8 Å². The Morgan fingerprint density at radius 2 is 2.05 bits per heavy atom. The van der Waals surface area contributed by atoms with Crippen molar-refractivity contribution in [2.45, 2.75) is 76.9 Å². The van der Waals surface area contributed by atoms with E-state index in [-0.39, 0.29) is 5.41 Å². The average molecular weight is 292 g/mol.